The lowest BCUT2D eigenvalue weighted by Crippen LogP contribution is -2.34. The third kappa shape index (κ3) is 3.11. The molecule has 7 N–H and O–H groups in total. The molecule has 8 heteroatoms. The predicted molar refractivity (Wildman–Crippen MR) is 84.5 cm³/mol. The molecule has 1 unspecified atom stereocenters. The van der Waals surface area contributed by atoms with Gasteiger partial charge in [-0.1, -0.05) is 6.92 Å². The third-order valence-corrected chi connectivity index (χ3v) is 5.00. The van der Waals surface area contributed by atoms with Crippen molar-refractivity contribution in [2.75, 3.05) is 30.7 Å². The Kier molecular flexibility index (Phi) is 4.69. The molecule has 21 heavy (non-hydrogen) atoms. The molecule has 1 aliphatic rings. The van der Waals surface area contributed by atoms with Crippen molar-refractivity contribution in [3.8, 4) is 0 Å². The minimum absolute atomic E-state index is 0.0706. The van der Waals surface area contributed by atoms with E-state index in [2.05, 4.69) is 17.1 Å². The average molecular weight is 311 g/mol. The molecule has 1 aromatic rings. The lowest BCUT2D eigenvalue weighted by molar-refractivity contribution is 0.0999. The normalized spacial score (nSPS) is 18.8. The Hall–Kier alpha value is -1.80. The molecule has 116 valence electrons. The Morgan fingerprint density at radius 1 is 1.38 bits per heavy atom. The highest BCUT2D eigenvalue weighted by Crippen LogP contribution is 2.35. The number of nitrogen functional groups attached to an aromatic ring is 1. The number of nitrogens with one attached hydrogen (secondary N) is 1. The average Bonchev–Trinajstić information content (AvgIpc) is 2.99. The van der Waals surface area contributed by atoms with Gasteiger partial charge in [-0.3, -0.25) is 14.5 Å². The van der Waals surface area contributed by atoms with E-state index in [0.717, 1.165) is 30.8 Å². The number of carbonyl (C=O) groups excluding carboxylic acids is 2. The Bertz CT molecular complexity index is 557. The molecule has 2 amide bonds. The SMILES string of the molecule is CCN1CCCC1CNc1sc(C(N)=O)c(N)c1C(N)=O. The fourth-order valence-corrected chi connectivity index (χ4v) is 3.73. The van der Waals surface area contributed by atoms with Crippen LogP contribution in [0.15, 0.2) is 0 Å². The minimum Gasteiger partial charge on any atom is -0.397 e. The van der Waals surface area contributed by atoms with Crippen molar-refractivity contribution in [2.45, 2.75) is 25.8 Å². The zero-order chi connectivity index (χ0) is 15.6. The van der Waals surface area contributed by atoms with E-state index >= 15 is 0 Å². The highest BCUT2D eigenvalue weighted by atomic mass is 32.1. The molecule has 7 nitrogen and oxygen atoms in total. The maximum atomic E-state index is 11.5. The Morgan fingerprint density at radius 3 is 2.67 bits per heavy atom. The summed E-state index contributed by atoms with van der Waals surface area (Å²) in [6, 6.07) is 0.413. The molecule has 1 aromatic heterocycles. The van der Waals surface area contributed by atoms with Gasteiger partial charge in [-0.15, -0.1) is 11.3 Å². The number of thiophene rings is 1. The van der Waals surface area contributed by atoms with Crippen molar-refractivity contribution in [2.24, 2.45) is 11.5 Å². The monoisotopic (exact) mass is 311 g/mol. The summed E-state index contributed by atoms with van der Waals surface area (Å²) in [7, 11) is 0. The number of hydrogen-bond acceptors (Lipinski definition) is 6. The maximum absolute atomic E-state index is 11.5. The van der Waals surface area contributed by atoms with Gasteiger partial charge in [0.15, 0.2) is 0 Å². The summed E-state index contributed by atoms with van der Waals surface area (Å²) in [4.78, 5) is 25.4. The summed E-state index contributed by atoms with van der Waals surface area (Å²) in [5.74, 6) is -1.30. The fraction of sp³-hybridized carbons (Fsp3) is 0.538. The maximum Gasteiger partial charge on any atom is 0.260 e. The number of nitrogens with zero attached hydrogens (tertiary/aromatic N) is 1. The van der Waals surface area contributed by atoms with Gasteiger partial charge in [-0.05, 0) is 25.9 Å². The van der Waals surface area contributed by atoms with Crippen LogP contribution in [0.3, 0.4) is 0 Å². The lowest BCUT2D eigenvalue weighted by Gasteiger charge is -2.23. The minimum atomic E-state index is -0.655. The summed E-state index contributed by atoms with van der Waals surface area (Å²) in [5, 5.41) is 3.73. The van der Waals surface area contributed by atoms with Gasteiger partial charge in [-0.2, -0.15) is 0 Å². The number of anilines is 2. The zero-order valence-electron chi connectivity index (χ0n) is 12.0. The highest BCUT2D eigenvalue weighted by Gasteiger charge is 2.26. The number of likely N-dealkylation sites (tertiary alicyclic amines) is 1. The van der Waals surface area contributed by atoms with Crippen molar-refractivity contribution in [1.29, 1.82) is 0 Å². The molecule has 1 fully saturated rings. The number of nitrogens with two attached hydrogens (primary N) is 3. The standard InChI is InChI=1S/C13H21N5O2S/c1-2-18-5-3-4-7(18)6-17-13-8(11(15)19)9(14)10(21-13)12(16)20/h7,17H,2-6,14H2,1H3,(H2,15,19)(H2,16,20). The molecule has 0 aromatic carbocycles. The summed E-state index contributed by atoms with van der Waals surface area (Å²) in [6.45, 7) is 4.90. The highest BCUT2D eigenvalue weighted by molar-refractivity contribution is 7.19. The van der Waals surface area contributed by atoms with Gasteiger partial charge in [0.25, 0.3) is 11.8 Å². The van der Waals surface area contributed by atoms with Crippen LogP contribution in [0, 0.1) is 0 Å². The van der Waals surface area contributed by atoms with Gasteiger partial charge in [0.1, 0.15) is 9.88 Å². The molecule has 1 saturated heterocycles. The number of amides is 2. The number of likely N-dealkylation sites (N-methyl/N-ethyl adjacent to an activating group) is 1. The predicted octanol–water partition coefficient (Wildman–Crippen LogP) is 0.424. The van der Waals surface area contributed by atoms with E-state index in [1.54, 1.807) is 0 Å². The molecule has 2 rings (SSSR count). The molecule has 1 atom stereocenters. The van der Waals surface area contributed by atoms with Crippen LogP contribution < -0.4 is 22.5 Å². The van der Waals surface area contributed by atoms with Gasteiger partial charge in [0.05, 0.1) is 11.3 Å². The fourth-order valence-electron chi connectivity index (χ4n) is 2.75. The summed E-state index contributed by atoms with van der Waals surface area (Å²) < 4.78 is 0. The number of carbonyl (C=O) groups is 2. The Balaban J connectivity index is 2.17. The van der Waals surface area contributed by atoms with E-state index in [4.69, 9.17) is 17.2 Å². The van der Waals surface area contributed by atoms with Crippen molar-refractivity contribution in [1.82, 2.24) is 4.90 Å². The van der Waals surface area contributed by atoms with Crippen LogP contribution in [0.1, 0.15) is 39.8 Å². The van der Waals surface area contributed by atoms with Crippen LogP contribution in [0.5, 0.6) is 0 Å². The van der Waals surface area contributed by atoms with Crippen molar-refractivity contribution < 1.29 is 9.59 Å². The first-order chi connectivity index (χ1) is 9.95. The Labute approximate surface area is 127 Å². The zero-order valence-corrected chi connectivity index (χ0v) is 12.8. The molecule has 0 spiro atoms. The van der Waals surface area contributed by atoms with Gasteiger partial charge in [0.2, 0.25) is 0 Å². The van der Waals surface area contributed by atoms with E-state index in [0.29, 0.717) is 17.6 Å². The van der Waals surface area contributed by atoms with Crippen molar-refractivity contribution in [3.63, 3.8) is 0 Å². The van der Waals surface area contributed by atoms with Crippen LogP contribution in [0.25, 0.3) is 0 Å². The molecule has 0 aliphatic carbocycles. The largest absolute Gasteiger partial charge is 0.397 e. The van der Waals surface area contributed by atoms with Crippen LogP contribution in [-0.4, -0.2) is 42.4 Å². The molecular weight excluding hydrogens is 290 g/mol. The number of primary amides is 2. The third-order valence-electron chi connectivity index (χ3n) is 3.82. The van der Waals surface area contributed by atoms with Crippen LogP contribution in [0.4, 0.5) is 10.7 Å². The first kappa shape index (κ1) is 15.6. The molecule has 0 saturated carbocycles. The second-order valence-corrected chi connectivity index (χ2v) is 6.10. The van der Waals surface area contributed by atoms with Crippen LogP contribution in [0.2, 0.25) is 0 Å². The second-order valence-electron chi connectivity index (χ2n) is 5.08. The van der Waals surface area contributed by atoms with E-state index in [1.165, 1.54) is 6.42 Å². The topological polar surface area (TPSA) is 127 Å². The van der Waals surface area contributed by atoms with E-state index < -0.39 is 11.8 Å². The molecule has 1 aliphatic heterocycles. The summed E-state index contributed by atoms with van der Waals surface area (Å²) >= 11 is 1.08. The van der Waals surface area contributed by atoms with Gasteiger partial charge < -0.3 is 22.5 Å². The Morgan fingerprint density at radius 2 is 2.10 bits per heavy atom. The number of rotatable bonds is 6. The van der Waals surface area contributed by atoms with Crippen LogP contribution in [-0.2, 0) is 0 Å². The smallest absolute Gasteiger partial charge is 0.260 e. The van der Waals surface area contributed by atoms with Gasteiger partial charge >= 0.3 is 0 Å². The molecule has 0 bridgehead atoms. The molecule has 2 heterocycles. The quantitative estimate of drug-likeness (QED) is 0.605. The van der Waals surface area contributed by atoms with E-state index in [1.807, 2.05) is 0 Å². The molecular formula is C13H21N5O2S. The van der Waals surface area contributed by atoms with Crippen molar-refractivity contribution >= 4 is 33.8 Å². The van der Waals surface area contributed by atoms with Crippen LogP contribution >= 0.6 is 11.3 Å². The first-order valence-corrected chi connectivity index (χ1v) is 7.77. The van der Waals surface area contributed by atoms with Crippen molar-refractivity contribution in [3.05, 3.63) is 10.4 Å². The van der Waals surface area contributed by atoms with E-state index in [9.17, 15) is 9.59 Å². The first-order valence-electron chi connectivity index (χ1n) is 6.95. The van der Waals surface area contributed by atoms with Gasteiger partial charge in [0, 0.05) is 12.6 Å². The molecule has 0 radical (unpaired) electrons. The number of hydrogen-bond donors (Lipinski definition) is 4. The lowest BCUT2D eigenvalue weighted by atomic mass is 10.2. The van der Waals surface area contributed by atoms with E-state index in [-0.39, 0.29) is 16.1 Å². The summed E-state index contributed by atoms with van der Waals surface area (Å²) in [6.07, 6.45) is 2.28. The van der Waals surface area contributed by atoms with Gasteiger partial charge in [-0.25, -0.2) is 0 Å². The second kappa shape index (κ2) is 6.31. The summed E-state index contributed by atoms with van der Waals surface area (Å²) in [5.41, 5.74) is 16.6.